The molecule has 2 saturated heterocycles. The van der Waals surface area contributed by atoms with Gasteiger partial charge in [0.25, 0.3) is 0 Å². The topological polar surface area (TPSA) is 18.5 Å². The minimum atomic E-state index is 0. The molecule has 0 saturated carbocycles. The van der Waals surface area contributed by atoms with E-state index in [0.29, 0.717) is 0 Å². The molecule has 3 nitrogen and oxygen atoms in total. The molecule has 0 aromatic heterocycles. The van der Waals surface area contributed by atoms with Gasteiger partial charge in [-0.15, -0.1) is 0 Å². The van der Waals surface area contributed by atoms with Crippen LogP contribution in [0, 0.1) is 0 Å². The molecule has 3 heteroatoms. The van der Waals surface area contributed by atoms with E-state index in [4.69, 9.17) is 0 Å². The Balaban J connectivity index is 0.000000182. The van der Waals surface area contributed by atoms with Crippen LogP contribution in [0.3, 0.4) is 0 Å². The molecule has 1 N–H and O–H groups in total. The molecule has 0 spiro atoms. The first kappa shape index (κ1) is 20.3. The van der Waals surface area contributed by atoms with Crippen molar-refractivity contribution in [1.82, 2.24) is 10.2 Å². The van der Waals surface area contributed by atoms with Crippen molar-refractivity contribution in [2.24, 2.45) is 0 Å². The van der Waals surface area contributed by atoms with Gasteiger partial charge in [-0.1, -0.05) is 25.6 Å². The zero-order chi connectivity index (χ0) is 17.3. The van der Waals surface area contributed by atoms with E-state index < -0.39 is 0 Å². The van der Waals surface area contributed by atoms with Crippen LogP contribution >= 0.6 is 0 Å². The number of nitrogens with zero attached hydrogens (tertiary/aromatic N) is 2. The zero-order valence-corrected chi connectivity index (χ0v) is 16.2. The molecule has 3 heterocycles. The van der Waals surface area contributed by atoms with Gasteiger partial charge >= 0.3 is 0 Å². The minimum Gasteiger partial charge on any atom is -0.366 e. The van der Waals surface area contributed by atoms with Gasteiger partial charge in [0.1, 0.15) is 0 Å². The van der Waals surface area contributed by atoms with Gasteiger partial charge in [-0.3, -0.25) is 4.90 Å². The number of hydrogen-bond acceptors (Lipinski definition) is 3. The highest BCUT2D eigenvalue weighted by Gasteiger charge is 2.38. The highest BCUT2D eigenvalue weighted by atomic mass is 15.3. The molecule has 2 fully saturated rings. The van der Waals surface area contributed by atoms with Crippen LogP contribution in [0.4, 0.5) is 5.69 Å². The number of aryl methyl sites for hydroxylation is 1. The van der Waals surface area contributed by atoms with Crippen LogP contribution in [0.15, 0.2) is 24.3 Å². The molecule has 4 rings (SSSR count). The van der Waals surface area contributed by atoms with E-state index in [9.17, 15) is 0 Å². The van der Waals surface area contributed by atoms with Gasteiger partial charge in [0, 0.05) is 49.0 Å². The Labute approximate surface area is 155 Å². The third kappa shape index (κ3) is 4.57. The number of fused-ring (bicyclic) bond motifs is 3. The highest BCUT2D eigenvalue weighted by Crippen LogP contribution is 2.32. The van der Waals surface area contributed by atoms with E-state index in [1.165, 1.54) is 50.1 Å². The standard InChI is InChI=1S/C13H19N.C8H16N2.CH4/c1-13(2,3)14-10-6-8-11-7-4-5-9-12(11)14;1-6(2)10-5-7-3-8(10)4-9-7;/h4-5,7,9H,6,8,10H2,1-3H3;6-9H,3-5H2,1-2H3;1H4/t;7-,8-;/m.1./s1. The molecule has 1 aromatic rings. The van der Waals surface area contributed by atoms with E-state index in [-0.39, 0.29) is 13.0 Å². The van der Waals surface area contributed by atoms with Crippen molar-refractivity contribution in [3.8, 4) is 0 Å². The predicted molar refractivity (Wildman–Crippen MR) is 111 cm³/mol. The van der Waals surface area contributed by atoms with E-state index >= 15 is 0 Å². The van der Waals surface area contributed by atoms with Crippen molar-refractivity contribution < 1.29 is 0 Å². The van der Waals surface area contributed by atoms with Gasteiger partial charge in [0.15, 0.2) is 0 Å². The van der Waals surface area contributed by atoms with E-state index in [1.807, 2.05) is 0 Å². The summed E-state index contributed by atoms with van der Waals surface area (Å²) in [5, 5.41) is 3.50. The van der Waals surface area contributed by atoms with Gasteiger partial charge < -0.3 is 10.2 Å². The summed E-state index contributed by atoms with van der Waals surface area (Å²) in [4.78, 5) is 5.13. The van der Waals surface area contributed by atoms with Crippen molar-refractivity contribution in [1.29, 1.82) is 0 Å². The number of likely N-dealkylation sites (tertiary alicyclic amines) is 1. The average molecular weight is 346 g/mol. The summed E-state index contributed by atoms with van der Waals surface area (Å²) >= 11 is 0. The smallest absolute Gasteiger partial charge is 0.0403 e. The molecule has 25 heavy (non-hydrogen) atoms. The fraction of sp³-hybridized carbons (Fsp3) is 0.727. The van der Waals surface area contributed by atoms with Crippen molar-refractivity contribution in [2.75, 3.05) is 24.5 Å². The van der Waals surface area contributed by atoms with Crippen molar-refractivity contribution in [2.45, 2.75) is 85.0 Å². The molecular formula is C22H39N3. The van der Waals surface area contributed by atoms with E-state index in [0.717, 1.165) is 18.1 Å². The molecule has 1 aromatic carbocycles. The number of hydrogen-bond donors (Lipinski definition) is 1. The Morgan fingerprint density at radius 3 is 2.40 bits per heavy atom. The number of nitrogens with one attached hydrogen (secondary N) is 1. The summed E-state index contributed by atoms with van der Waals surface area (Å²) in [6.45, 7) is 15.1. The van der Waals surface area contributed by atoms with Crippen LogP contribution in [0.2, 0.25) is 0 Å². The molecule has 0 aliphatic carbocycles. The second-order valence-electron chi connectivity index (χ2n) is 8.84. The maximum atomic E-state index is 3.50. The zero-order valence-electron chi connectivity index (χ0n) is 16.2. The maximum Gasteiger partial charge on any atom is 0.0403 e. The molecule has 2 atom stereocenters. The average Bonchev–Trinajstić information content (AvgIpc) is 3.17. The Morgan fingerprint density at radius 1 is 1.16 bits per heavy atom. The molecular weight excluding hydrogens is 306 g/mol. The predicted octanol–water partition coefficient (Wildman–Crippen LogP) is 4.31. The number of rotatable bonds is 1. The van der Waals surface area contributed by atoms with Gasteiger partial charge in [0.2, 0.25) is 0 Å². The molecule has 2 bridgehead atoms. The number of para-hydroxylation sites is 1. The Kier molecular flexibility index (Phi) is 6.56. The second kappa shape index (κ2) is 8.09. The van der Waals surface area contributed by atoms with Crippen molar-refractivity contribution >= 4 is 5.69 Å². The summed E-state index contributed by atoms with van der Waals surface area (Å²) in [5.74, 6) is 0. The van der Waals surface area contributed by atoms with Gasteiger partial charge in [0.05, 0.1) is 0 Å². The van der Waals surface area contributed by atoms with Gasteiger partial charge in [-0.25, -0.2) is 0 Å². The summed E-state index contributed by atoms with van der Waals surface area (Å²) < 4.78 is 0. The molecule has 0 unspecified atom stereocenters. The third-order valence-electron chi connectivity index (χ3n) is 5.68. The Hall–Kier alpha value is -1.06. The summed E-state index contributed by atoms with van der Waals surface area (Å²) in [6.07, 6.45) is 3.91. The quantitative estimate of drug-likeness (QED) is 0.818. The lowest BCUT2D eigenvalue weighted by Gasteiger charge is -2.41. The third-order valence-corrected chi connectivity index (χ3v) is 5.68. The summed E-state index contributed by atoms with van der Waals surface area (Å²) in [7, 11) is 0. The number of benzene rings is 1. The SMILES string of the molecule is C.CC(C)(C)N1CCCc2ccccc21.CC(C)N1C[C@H]2C[C@@H]1CN2. The summed E-state index contributed by atoms with van der Waals surface area (Å²) in [6, 6.07) is 11.2. The van der Waals surface area contributed by atoms with E-state index in [1.54, 1.807) is 0 Å². The van der Waals surface area contributed by atoms with Crippen LogP contribution in [0.5, 0.6) is 0 Å². The first-order valence-electron chi connectivity index (χ1n) is 9.71. The summed E-state index contributed by atoms with van der Waals surface area (Å²) in [5.41, 5.74) is 3.19. The van der Waals surface area contributed by atoms with Crippen LogP contribution in [-0.2, 0) is 6.42 Å². The first-order chi connectivity index (χ1) is 11.4. The molecule has 0 amide bonds. The molecule has 3 aliphatic rings. The van der Waals surface area contributed by atoms with Gasteiger partial charge in [-0.05, 0) is 65.5 Å². The molecule has 142 valence electrons. The normalized spacial score (nSPS) is 25.3. The highest BCUT2D eigenvalue weighted by molar-refractivity contribution is 5.57. The minimum absolute atomic E-state index is 0. The monoisotopic (exact) mass is 345 g/mol. The maximum absolute atomic E-state index is 3.50. The fourth-order valence-electron chi connectivity index (χ4n) is 4.46. The van der Waals surface area contributed by atoms with Crippen molar-refractivity contribution in [3.05, 3.63) is 29.8 Å². The largest absolute Gasteiger partial charge is 0.366 e. The lowest BCUT2D eigenvalue weighted by molar-refractivity contribution is 0.181. The van der Waals surface area contributed by atoms with Crippen LogP contribution < -0.4 is 10.2 Å². The van der Waals surface area contributed by atoms with Crippen molar-refractivity contribution in [3.63, 3.8) is 0 Å². The Morgan fingerprint density at radius 2 is 1.88 bits per heavy atom. The second-order valence-corrected chi connectivity index (χ2v) is 8.84. The van der Waals surface area contributed by atoms with Crippen LogP contribution in [0.1, 0.15) is 60.5 Å². The molecule has 0 radical (unpaired) electrons. The first-order valence-corrected chi connectivity index (χ1v) is 9.71. The lowest BCUT2D eigenvalue weighted by Crippen LogP contribution is -2.46. The number of piperazine rings is 1. The lowest BCUT2D eigenvalue weighted by atomic mass is 9.96. The fourth-order valence-corrected chi connectivity index (χ4v) is 4.46. The Bertz CT molecular complexity index is 546. The molecule has 3 aliphatic heterocycles. The van der Waals surface area contributed by atoms with E-state index in [2.05, 4.69) is 74.0 Å². The van der Waals surface area contributed by atoms with Crippen LogP contribution in [-0.4, -0.2) is 48.2 Å². The van der Waals surface area contributed by atoms with Gasteiger partial charge in [-0.2, -0.15) is 0 Å². The van der Waals surface area contributed by atoms with Crippen LogP contribution in [0.25, 0.3) is 0 Å². The number of anilines is 1.